The number of carboxylic acid groups (broad SMARTS) is 1. The Morgan fingerprint density at radius 3 is 2.43 bits per heavy atom. The smallest absolute Gasteiger partial charge is 0.335 e. The van der Waals surface area contributed by atoms with Crippen LogP contribution in [0.25, 0.3) is 10.9 Å². The number of anilines is 1. The first-order valence-electron chi connectivity index (χ1n) is 8.41. The summed E-state index contributed by atoms with van der Waals surface area (Å²) in [5, 5.41) is 12.3. The number of amides is 1. The molecular weight excluding hydrogens is 405 g/mol. The molecule has 1 aromatic carbocycles. The van der Waals surface area contributed by atoms with Gasteiger partial charge in [-0.15, -0.1) is 0 Å². The molecule has 142 valence electrons. The first-order valence-corrected chi connectivity index (χ1v) is 9.16. The summed E-state index contributed by atoms with van der Waals surface area (Å²) in [6.07, 6.45) is 4.75. The summed E-state index contributed by atoms with van der Waals surface area (Å²) in [5.74, 6) is -1.41. The van der Waals surface area contributed by atoms with Crippen LogP contribution in [-0.2, 0) is 4.79 Å². The van der Waals surface area contributed by atoms with Gasteiger partial charge >= 0.3 is 5.97 Å². The fourth-order valence-electron chi connectivity index (χ4n) is 2.93. The topological polar surface area (TPSA) is 101 Å². The van der Waals surface area contributed by atoms with Gasteiger partial charge in [-0.25, -0.2) is 9.78 Å². The number of nitrogens with zero attached hydrogens (tertiary/aromatic N) is 2. The van der Waals surface area contributed by atoms with Crippen LogP contribution >= 0.6 is 23.2 Å². The highest BCUT2D eigenvalue weighted by Crippen LogP contribution is 2.32. The molecule has 2 heterocycles. The number of aromatic nitrogens is 2. The average molecular weight is 418 g/mol. The third kappa shape index (κ3) is 3.23. The Bertz CT molecular complexity index is 1130. The summed E-state index contributed by atoms with van der Waals surface area (Å²) in [4.78, 5) is 40.4. The van der Waals surface area contributed by atoms with Crippen molar-refractivity contribution in [3.05, 3.63) is 57.8 Å². The van der Waals surface area contributed by atoms with Gasteiger partial charge < -0.3 is 10.4 Å². The number of hydrogen-bond donors (Lipinski definition) is 2. The SMILES string of the molecule is O=C(O)c1cc(Cl)c(C(=O)n2ccc3c(NC(=O)C4CC4)nccc32)c(Cl)c1. The molecule has 1 aliphatic rings. The van der Waals surface area contributed by atoms with Gasteiger partial charge in [0.05, 0.1) is 26.7 Å². The Balaban J connectivity index is 1.74. The van der Waals surface area contributed by atoms with Crippen molar-refractivity contribution in [2.24, 2.45) is 5.92 Å². The van der Waals surface area contributed by atoms with E-state index >= 15 is 0 Å². The van der Waals surface area contributed by atoms with E-state index in [0.29, 0.717) is 16.7 Å². The number of hydrogen-bond acceptors (Lipinski definition) is 4. The first kappa shape index (κ1) is 18.5. The predicted octanol–water partition coefficient (Wildman–Crippen LogP) is 4.08. The maximum absolute atomic E-state index is 13.0. The van der Waals surface area contributed by atoms with E-state index in [1.807, 2.05) is 0 Å². The molecule has 2 N–H and O–H groups in total. The lowest BCUT2D eigenvalue weighted by atomic mass is 10.1. The number of halogens is 2. The highest BCUT2D eigenvalue weighted by molar-refractivity contribution is 6.40. The summed E-state index contributed by atoms with van der Waals surface area (Å²) in [7, 11) is 0. The molecule has 0 radical (unpaired) electrons. The second-order valence-electron chi connectivity index (χ2n) is 6.47. The number of carboxylic acids is 1. The van der Waals surface area contributed by atoms with Crippen LogP contribution in [-0.4, -0.2) is 32.4 Å². The minimum absolute atomic E-state index is 0.00814. The summed E-state index contributed by atoms with van der Waals surface area (Å²) in [5.41, 5.74) is 0.393. The number of aromatic carboxylic acids is 1. The quantitative estimate of drug-likeness (QED) is 0.665. The molecule has 0 unspecified atom stereocenters. The number of pyridine rings is 1. The third-order valence-corrected chi connectivity index (χ3v) is 5.12. The number of benzene rings is 1. The number of nitrogens with one attached hydrogen (secondary N) is 1. The molecule has 28 heavy (non-hydrogen) atoms. The summed E-state index contributed by atoms with van der Waals surface area (Å²) >= 11 is 12.3. The van der Waals surface area contributed by atoms with Gasteiger partial charge in [-0.05, 0) is 37.1 Å². The second-order valence-corrected chi connectivity index (χ2v) is 7.28. The van der Waals surface area contributed by atoms with E-state index < -0.39 is 11.9 Å². The van der Waals surface area contributed by atoms with E-state index in [-0.39, 0.29) is 33.0 Å². The van der Waals surface area contributed by atoms with Gasteiger partial charge in [-0.1, -0.05) is 23.2 Å². The largest absolute Gasteiger partial charge is 0.478 e. The lowest BCUT2D eigenvalue weighted by Gasteiger charge is -2.10. The van der Waals surface area contributed by atoms with Crippen LogP contribution in [0.1, 0.15) is 33.6 Å². The van der Waals surface area contributed by atoms with Crippen LogP contribution in [0.2, 0.25) is 10.0 Å². The van der Waals surface area contributed by atoms with Gasteiger partial charge in [0.25, 0.3) is 5.91 Å². The summed E-state index contributed by atoms with van der Waals surface area (Å²) in [6, 6.07) is 5.65. The minimum Gasteiger partial charge on any atom is -0.478 e. The maximum Gasteiger partial charge on any atom is 0.335 e. The van der Waals surface area contributed by atoms with Gasteiger partial charge in [-0.3, -0.25) is 14.2 Å². The maximum atomic E-state index is 13.0. The zero-order valence-electron chi connectivity index (χ0n) is 14.3. The van der Waals surface area contributed by atoms with E-state index in [9.17, 15) is 14.4 Å². The van der Waals surface area contributed by atoms with E-state index in [1.165, 1.54) is 29.1 Å². The van der Waals surface area contributed by atoms with Crippen LogP contribution in [0.5, 0.6) is 0 Å². The van der Waals surface area contributed by atoms with Gasteiger partial charge in [0.15, 0.2) is 0 Å². The molecule has 0 aliphatic heterocycles. The fourth-order valence-corrected chi connectivity index (χ4v) is 3.58. The minimum atomic E-state index is -1.20. The van der Waals surface area contributed by atoms with Crippen LogP contribution in [0.3, 0.4) is 0 Å². The molecule has 7 nitrogen and oxygen atoms in total. The number of rotatable bonds is 4. The van der Waals surface area contributed by atoms with E-state index in [4.69, 9.17) is 28.3 Å². The van der Waals surface area contributed by atoms with Crippen LogP contribution in [0.15, 0.2) is 36.7 Å². The third-order valence-electron chi connectivity index (χ3n) is 4.53. The van der Waals surface area contributed by atoms with Crippen LogP contribution in [0, 0.1) is 5.92 Å². The normalized spacial score (nSPS) is 13.5. The number of carbonyl (C=O) groups excluding carboxylic acids is 2. The lowest BCUT2D eigenvalue weighted by Crippen LogP contribution is -2.15. The van der Waals surface area contributed by atoms with Crippen molar-refractivity contribution in [1.29, 1.82) is 0 Å². The number of carbonyl (C=O) groups is 3. The second kappa shape index (κ2) is 6.92. The molecule has 2 aromatic heterocycles. The zero-order valence-corrected chi connectivity index (χ0v) is 15.8. The van der Waals surface area contributed by atoms with Crippen molar-refractivity contribution in [2.45, 2.75) is 12.8 Å². The van der Waals surface area contributed by atoms with Crippen molar-refractivity contribution < 1.29 is 19.5 Å². The molecular formula is C19H13Cl2N3O4. The average Bonchev–Trinajstić information content (AvgIpc) is 3.40. The fraction of sp³-hybridized carbons (Fsp3) is 0.158. The Morgan fingerprint density at radius 1 is 1.14 bits per heavy atom. The Kier molecular flexibility index (Phi) is 4.56. The molecule has 1 fully saturated rings. The first-order chi connectivity index (χ1) is 13.4. The van der Waals surface area contributed by atoms with E-state index in [0.717, 1.165) is 12.8 Å². The van der Waals surface area contributed by atoms with Gasteiger partial charge in [0.1, 0.15) is 5.82 Å². The summed E-state index contributed by atoms with van der Waals surface area (Å²) in [6.45, 7) is 0. The predicted molar refractivity (Wildman–Crippen MR) is 104 cm³/mol. The summed E-state index contributed by atoms with van der Waals surface area (Å²) < 4.78 is 1.33. The molecule has 0 atom stereocenters. The monoisotopic (exact) mass is 417 g/mol. The molecule has 4 rings (SSSR count). The Morgan fingerprint density at radius 2 is 1.82 bits per heavy atom. The van der Waals surface area contributed by atoms with Gasteiger partial charge in [0, 0.05) is 23.7 Å². The van der Waals surface area contributed by atoms with Crippen molar-refractivity contribution in [1.82, 2.24) is 9.55 Å². The van der Waals surface area contributed by atoms with Gasteiger partial charge in [-0.2, -0.15) is 0 Å². The standard InChI is InChI=1S/C19H13Cl2N3O4/c20-12-7-10(19(27)28)8-13(21)15(12)18(26)24-6-4-11-14(24)3-5-22-16(11)23-17(25)9-1-2-9/h3-9H,1-2H2,(H,27,28)(H,22,23,25). The molecule has 3 aromatic rings. The molecule has 0 saturated heterocycles. The molecule has 1 saturated carbocycles. The van der Waals surface area contributed by atoms with Crippen molar-refractivity contribution in [2.75, 3.05) is 5.32 Å². The number of fused-ring (bicyclic) bond motifs is 1. The molecule has 0 spiro atoms. The highest BCUT2D eigenvalue weighted by atomic mass is 35.5. The van der Waals surface area contributed by atoms with Crippen LogP contribution < -0.4 is 5.32 Å². The Labute approximate surface area is 168 Å². The highest BCUT2D eigenvalue weighted by Gasteiger charge is 2.30. The van der Waals surface area contributed by atoms with Crippen LogP contribution in [0.4, 0.5) is 5.82 Å². The molecule has 0 bridgehead atoms. The molecule has 1 amide bonds. The van der Waals surface area contributed by atoms with Crippen molar-refractivity contribution >= 4 is 57.7 Å². The van der Waals surface area contributed by atoms with E-state index in [2.05, 4.69) is 10.3 Å². The zero-order chi connectivity index (χ0) is 20.0. The molecule has 9 heteroatoms. The Hall–Kier alpha value is -2.90. The van der Waals surface area contributed by atoms with Crippen molar-refractivity contribution in [3.8, 4) is 0 Å². The molecule has 1 aliphatic carbocycles. The van der Waals surface area contributed by atoms with Gasteiger partial charge in [0.2, 0.25) is 5.91 Å². The van der Waals surface area contributed by atoms with Crippen molar-refractivity contribution in [3.63, 3.8) is 0 Å². The van der Waals surface area contributed by atoms with E-state index in [1.54, 1.807) is 12.1 Å². The lowest BCUT2D eigenvalue weighted by molar-refractivity contribution is -0.117.